The second-order valence-electron chi connectivity index (χ2n) is 3.42. The van der Waals surface area contributed by atoms with Gasteiger partial charge in [-0.1, -0.05) is 5.16 Å². The molecule has 0 unspecified atom stereocenters. The topological polar surface area (TPSA) is 81.6 Å². The van der Waals surface area contributed by atoms with Gasteiger partial charge in [0.05, 0.1) is 12.0 Å². The molecule has 0 saturated carbocycles. The Morgan fingerprint density at radius 1 is 1.47 bits per heavy atom. The van der Waals surface area contributed by atoms with Crippen LogP contribution in [0.5, 0.6) is 0 Å². The Morgan fingerprint density at radius 3 is 2.80 bits per heavy atom. The lowest BCUT2D eigenvalue weighted by molar-refractivity contribution is 0.315. The van der Waals surface area contributed by atoms with Crippen molar-refractivity contribution in [2.75, 3.05) is 18.0 Å². The summed E-state index contributed by atoms with van der Waals surface area (Å²) in [6.07, 6.45) is 2.82. The molecule has 0 atom stereocenters. The summed E-state index contributed by atoms with van der Waals surface area (Å²) in [6.45, 7) is 1.46. The van der Waals surface area contributed by atoms with E-state index in [0.717, 1.165) is 18.8 Å². The van der Waals surface area contributed by atoms with Gasteiger partial charge < -0.3 is 15.1 Å². The van der Waals surface area contributed by atoms with Crippen LogP contribution in [0, 0.1) is 0 Å². The molecular weight excluding hydrogens is 196 g/mol. The summed E-state index contributed by atoms with van der Waals surface area (Å²) in [5.74, 6) is 0.677. The summed E-state index contributed by atoms with van der Waals surface area (Å²) in [5, 5.41) is 11.8. The molecule has 0 aliphatic carbocycles. The molecule has 0 radical (unpaired) electrons. The number of oxime groups is 1. The van der Waals surface area contributed by atoms with E-state index < -0.39 is 0 Å². The van der Waals surface area contributed by atoms with Crippen molar-refractivity contribution in [3.8, 4) is 0 Å². The predicted octanol–water partition coefficient (Wildman–Crippen LogP) is 0.200. The minimum absolute atomic E-state index is 0.151. The van der Waals surface area contributed by atoms with Crippen molar-refractivity contribution < 1.29 is 5.21 Å². The summed E-state index contributed by atoms with van der Waals surface area (Å²) < 4.78 is 0. The molecule has 2 heterocycles. The van der Waals surface area contributed by atoms with Gasteiger partial charge in [0, 0.05) is 32.0 Å². The summed E-state index contributed by atoms with van der Waals surface area (Å²) in [4.78, 5) is 19.6. The molecule has 1 saturated heterocycles. The first-order valence-electron chi connectivity index (χ1n) is 4.79. The highest BCUT2D eigenvalue weighted by atomic mass is 16.4. The van der Waals surface area contributed by atoms with Gasteiger partial charge in [-0.2, -0.15) is 0 Å². The van der Waals surface area contributed by atoms with Crippen molar-refractivity contribution in [2.45, 2.75) is 12.8 Å². The largest absolute Gasteiger partial charge is 0.411 e. The first-order valence-corrected chi connectivity index (χ1v) is 4.79. The van der Waals surface area contributed by atoms with Crippen molar-refractivity contribution in [1.29, 1.82) is 0 Å². The first-order chi connectivity index (χ1) is 7.29. The van der Waals surface area contributed by atoms with Crippen LogP contribution >= 0.6 is 0 Å². The number of nitrogens with zero attached hydrogens (tertiary/aromatic N) is 3. The number of H-pyrrole nitrogens is 1. The van der Waals surface area contributed by atoms with Gasteiger partial charge in [0.15, 0.2) is 0 Å². The van der Waals surface area contributed by atoms with Gasteiger partial charge >= 0.3 is 0 Å². The number of hydrogen-bond donors (Lipinski definition) is 2. The van der Waals surface area contributed by atoms with Crippen molar-refractivity contribution >= 4 is 11.5 Å². The molecule has 0 spiro atoms. The summed E-state index contributed by atoms with van der Waals surface area (Å²) in [5.41, 5.74) is 0.651. The molecule has 0 aromatic carbocycles. The maximum atomic E-state index is 11.1. The Kier molecular flexibility index (Phi) is 2.66. The number of hydrogen-bond acceptors (Lipinski definition) is 5. The van der Waals surface area contributed by atoms with E-state index in [9.17, 15) is 4.79 Å². The smallest absolute Gasteiger partial charge is 0.252 e. The van der Waals surface area contributed by atoms with Gasteiger partial charge in [0.25, 0.3) is 5.56 Å². The third-order valence-electron chi connectivity index (χ3n) is 2.47. The summed E-state index contributed by atoms with van der Waals surface area (Å²) in [7, 11) is 0. The molecule has 15 heavy (non-hydrogen) atoms. The second kappa shape index (κ2) is 4.12. The number of anilines is 1. The van der Waals surface area contributed by atoms with Crippen molar-refractivity contribution in [1.82, 2.24) is 9.97 Å². The zero-order valence-electron chi connectivity index (χ0n) is 8.18. The van der Waals surface area contributed by atoms with Crippen LogP contribution in [-0.2, 0) is 0 Å². The molecule has 1 aliphatic rings. The molecule has 0 amide bonds. The predicted molar refractivity (Wildman–Crippen MR) is 55.5 cm³/mol. The van der Waals surface area contributed by atoms with Gasteiger partial charge in [0.2, 0.25) is 0 Å². The van der Waals surface area contributed by atoms with Gasteiger partial charge in [0.1, 0.15) is 5.82 Å². The van der Waals surface area contributed by atoms with Crippen LogP contribution < -0.4 is 10.5 Å². The quantitative estimate of drug-likeness (QED) is 0.510. The van der Waals surface area contributed by atoms with Gasteiger partial charge in [-0.25, -0.2) is 4.98 Å². The average molecular weight is 208 g/mol. The number of piperidine rings is 1. The molecule has 6 nitrogen and oxygen atoms in total. The fraction of sp³-hybridized carbons (Fsp3) is 0.444. The molecule has 6 heteroatoms. The minimum Gasteiger partial charge on any atom is -0.411 e. The molecule has 1 aromatic rings. The lowest BCUT2D eigenvalue weighted by Gasteiger charge is -2.27. The number of rotatable bonds is 1. The Bertz CT molecular complexity index is 416. The Balaban J connectivity index is 2.11. The van der Waals surface area contributed by atoms with E-state index in [1.54, 1.807) is 0 Å². The third kappa shape index (κ3) is 2.15. The van der Waals surface area contributed by atoms with Crippen LogP contribution in [0.15, 0.2) is 22.3 Å². The normalized spacial score (nSPS) is 16.5. The summed E-state index contributed by atoms with van der Waals surface area (Å²) >= 11 is 0. The number of aromatic amines is 1. The van der Waals surface area contributed by atoms with Crippen LogP contribution in [0.1, 0.15) is 12.8 Å². The number of nitrogens with one attached hydrogen (secondary N) is 1. The lowest BCUT2D eigenvalue weighted by atomic mass is 10.1. The fourth-order valence-corrected chi connectivity index (χ4v) is 1.63. The Labute approximate surface area is 86.3 Å². The maximum Gasteiger partial charge on any atom is 0.252 e. The van der Waals surface area contributed by atoms with E-state index in [-0.39, 0.29) is 5.56 Å². The molecule has 1 aromatic heterocycles. The van der Waals surface area contributed by atoms with Crippen LogP contribution in [0.25, 0.3) is 0 Å². The zero-order valence-corrected chi connectivity index (χ0v) is 8.18. The van der Waals surface area contributed by atoms with E-state index in [1.165, 1.54) is 12.4 Å². The number of aromatic nitrogens is 2. The van der Waals surface area contributed by atoms with Gasteiger partial charge in [-0.05, 0) is 0 Å². The van der Waals surface area contributed by atoms with E-state index in [1.807, 2.05) is 4.90 Å². The lowest BCUT2D eigenvalue weighted by Crippen LogP contribution is -2.35. The minimum atomic E-state index is -0.151. The van der Waals surface area contributed by atoms with Crippen molar-refractivity contribution in [3.63, 3.8) is 0 Å². The van der Waals surface area contributed by atoms with E-state index in [4.69, 9.17) is 5.21 Å². The highest BCUT2D eigenvalue weighted by molar-refractivity contribution is 5.85. The molecule has 2 rings (SSSR count). The van der Waals surface area contributed by atoms with E-state index in [2.05, 4.69) is 15.1 Å². The standard InChI is InChI=1S/C9H12N4O2/c14-9-5-8(10-6-11-9)13-3-1-7(12-15)2-4-13/h5-6,15H,1-4H2,(H,10,11,14). The molecule has 1 aliphatic heterocycles. The van der Waals surface area contributed by atoms with Crippen LogP contribution in [0.2, 0.25) is 0 Å². The SMILES string of the molecule is O=c1cc(N2CCC(=NO)CC2)nc[nH]1. The van der Waals surface area contributed by atoms with Gasteiger partial charge in [-0.3, -0.25) is 4.79 Å². The Hall–Kier alpha value is -1.85. The van der Waals surface area contributed by atoms with Crippen LogP contribution in [0.3, 0.4) is 0 Å². The van der Waals surface area contributed by atoms with Crippen molar-refractivity contribution in [2.24, 2.45) is 5.16 Å². The molecule has 0 bridgehead atoms. The molecule has 2 N–H and O–H groups in total. The third-order valence-corrected chi connectivity index (χ3v) is 2.47. The van der Waals surface area contributed by atoms with Gasteiger partial charge in [-0.15, -0.1) is 0 Å². The first kappa shape index (κ1) is 9.70. The highest BCUT2D eigenvalue weighted by Gasteiger charge is 2.16. The Morgan fingerprint density at radius 2 is 2.20 bits per heavy atom. The van der Waals surface area contributed by atoms with Crippen molar-refractivity contribution in [3.05, 3.63) is 22.7 Å². The van der Waals surface area contributed by atoms with E-state index >= 15 is 0 Å². The summed E-state index contributed by atoms with van der Waals surface area (Å²) in [6, 6.07) is 1.47. The highest BCUT2D eigenvalue weighted by Crippen LogP contribution is 2.13. The van der Waals surface area contributed by atoms with Crippen LogP contribution in [-0.4, -0.2) is 34.0 Å². The zero-order chi connectivity index (χ0) is 10.7. The molecule has 1 fully saturated rings. The van der Waals surface area contributed by atoms with Crippen LogP contribution in [0.4, 0.5) is 5.82 Å². The van der Waals surface area contributed by atoms with E-state index in [0.29, 0.717) is 18.7 Å². The second-order valence-corrected chi connectivity index (χ2v) is 3.42. The molecular formula is C9H12N4O2. The molecule has 80 valence electrons. The maximum absolute atomic E-state index is 11.1. The average Bonchev–Trinajstić information content (AvgIpc) is 2.29. The fourth-order valence-electron chi connectivity index (χ4n) is 1.63. The monoisotopic (exact) mass is 208 g/mol.